The summed E-state index contributed by atoms with van der Waals surface area (Å²) < 4.78 is 0. The van der Waals surface area contributed by atoms with E-state index in [0.717, 1.165) is 17.1 Å². The lowest BCUT2D eigenvalue weighted by Gasteiger charge is -2.30. The van der Waals surface area contributed by atoms with Crippen molar-refractivity contribution < 1.29 is 0 Å². The van der Waals surface area contributed by atoms with Crippen LogP contribution < -0.4 is 10.2 Å². The normalized spacial score (nSPS) is 12.9. The van der Waals surface area contributed by atoms with Crippen molar-refractivity contribution in [2.24, 2.45) is 0 Å². The number of rotatable bonds is 6. The molecule has 0 radical (unpaired) electrons. The van der Waals surface area contributed by atoms with Gasteiger partial charge in [0.15, 0.2) is 0 Å². The molecule has 8 aromatic rings. The third-order valence-electron chi connectivity index (χ3n) is 10.2. The Kier molecular flexibility index (Phi) is 6.84. The first kappa shape index (κ1) is 29.1. The van der Waals surface area contributed by atoms with Gasteiger partial charge in [0, 0.05) is 33.2 Å². The average molecular weight is 629 g/mol. The Bertz CT molecular complexity index is 2400. The second kappa shape index (κ2) is 11.5. The van der Waals surface area contributed by atoms with Crippen LogP contribution in [0.4, 0.5) is 28.4 Å². The fourth-order valence-corrected chi connectivity index (χ4v) is 7.70. The monoisotopic (exact) mass is 628 g/mol. The third kappa shape index (κ3) is 4.96. The van der Waals surface area contributed by atoms with Gasteiger partial charge in [0.05, 0.1) is 11.4 Å². The van der Waals surface area contributed by atoms with Crippen LogP contribution in [0.25, 0.3) is 43.8 Å². The van der Waals surface area contributed by atoms with E-state index in [1.165, 1.54) is 66.3 Å². The van der Waals surface area contributed by atoms with E-state index in [1.807, 2.05) is 0 Å². The molecular formula is C47H36N2. The molecule has 9 rings (SSSR count). The zero-order valence-corrected chi connectivity index (χ0v) is 27.7. The summed E-state index contributed by atoms with van der Waals surface area (Å²) in [6.07, 6.45) is 0. The lowest BCUT2D eigenvalue weighted by atomic mass is 9.82. The maximum Gasteiger partial charge on any atom is 0.0540 e. The van der Waals surface area contributed by atoms with Crippen molar-refractivity contribution in [3.63, 3.8) is 0 Å². The maximum atomic E-state index is 3.68. The Morgan fingerprint density at radius 3 is 1.59 bits per heavy atom. The highest BCUT2D eigenvalue weighted by Crippen LogP contribution is 2.52. The van der Waals surface area contributed by atoms with Crippen molar-refractivity contribution in [2.45, 2.75) is 19.3 Å². The molecule has 8 aromatic carbocycles. The molecular weight excluding hydrogens is 593 g/mol. The fraction of sp³-hybridized carbons (Fsp3) is 0.0638. The topological polar surface area (TPSA) is 15.3 Å². The smallest absolute Gasteiger partial charge is 0.0540 e. The molecule has 234 valence electrons. The van der Waals surface area contributed by atoms with Crippen LogP contribution in [-0.4, -0.2) is 0 Å². The molecule has 0 atom stereocenters. The van der Waals surface area contributed by atoms with E-state index in [4.69, 9.17) is 0 Å². The molecule has 0 unspecified atom stereocenters. The Morgan fingerprint density at radius 1 is 0.429 bits per heavy atom. The molecule has 1 N–H and O–H groups in total. The van der Waals surface area contributed by atoms with Gasteiger partial charge in [-0.2, -0.15) is 0 Å². The van der Waals surface area contributed by atoms with Crippen LogP contribution in [-0.2, 0) is 5.41 Å². The van der Waals surface area contributed by atoms with Crippen LogP contribution in [0.1, 0.15) is 25.0 Å². The van der Waals surface area contributed by atoms with Gasteiger partial charge < -0.3 is 10.2 Å². The van der Waals surface area contributed by atoms with Gasteiger partial charge in [-0.1, -0.05) is 141 Å². The number of fused-ring (bicyclic) bond motifs is 5. The number of nitrogens with zero attached hydrogens (tertiary/aromatic N) is 1. The predicted octanol–water partition coefficient (Wildman–Crippen LogP) is 13.2. The standard InChI is InChI=1S/C47H36N2/c1-47(2)43-30-37(48-36-24-22-33(23-25-36)32-12-4-3-5-13-32)26-28-41(43)42-29-27-38(31-44(42)47)49(45-20-10-16-34-14-6-8-18-39(34)45)46-21-11-17-35-15-7-9-19-40(35)46/h3-31,48H,1-2H3. The fourth-order valence-electron chi connectivity index (χ4n) is 7.70. The van der Waals surface area contributed by atoms with E-state index in [2.05, 4.69) is 200 Å². The van der Waals surface area contributed by atoms with Crippen LogP contribution in [0.2, 0.25) is 0 Å². The molecule has 0 fully saturated rings. The van der Waals surface area contributed by atoms with Gasteiger partial charge in [0.2, 0.25) is 0 Å². The van der Waals surface area contributed by atoms with Gasteiger partial charge in [-0.05, 0) is 92.7 Å². The molecule has 0 saturated heterocycles. The summed E-state index contributed by atoms with van der Waals surface area (Å²) in [6, 6.07) is 63.7. The van der Waals surface area contributed by atoms with Crippen LogP contribution in [0.3, 0.4) is 0 Å². The Hall–Kier alpha value is -6.12. The van der Waals surface area contributed by atoms with Gasteiger partial charge >= 0.3 is 0 Å². The molecule has 0 spiro atoms. The average Bonchev–Trinajstić information content (AvgIpc) is 3.37. The Balaban J connectivity index is 1.12. The third-order valence-corrected chi connectivity index (χ3v) is 10.2. The SMILES string of the molecule is CC1(C)c2cc(Nc3ccc(-c4ccccc4)cc3)ccc2-c2ccc(N(c3cccc4ccccc34)c3cccc4ccccc34)cc21. The molecule has 2 heteroatoms. The first-order valence-electron chi connectivity index (χ1n) is 17.0. The molecule has 0 bridgehead atoms. The van der Waals surface area contributed by atoms with Crippen LogP contribution in [0, 0.1) is 0 Å². The van der Waals surface area contributed by atoms with Crippen LogP contribution in [0.15, 0.2) is 176 Å². The minimum atomic E-state index is -0.182. The van der Waals surface area contributed by atoms with Gasteiger partial charge in [-0.25, -0.2) is 0 Å². The molecule has 0 saturated carbocycles. The predicted molar refractivity (Wildman–Crippen MR) is 209 cm³/mol. The molecule has 1 aliphatic rings. The van der Waals surface area contributed by atoms with Crippen molar-refractivity contribution in [3.05, 3.63) is 187 Å². The Morgan fingerprint density at radius 2 is 0.939 bits per heavy atom. The highest BCUT2D eigenvalue weighted by atomic mass is 15.1. The molecule has 0 amide bonds. The van der Waals surface area contributed by atoms with Crippen molar-refractivity contribution in [3.8, 4) is 22.3 Å². The Labute approximate surface area is 287 Å². The van der Waals surface area contributed by atoms with Gasteiger partial charge in [0.25, 0.3) is 0 Å². The van der Waals surface area contributed by atoms with Crippen molar-refractivity contribution >= 4 is 50.0 Å². The summed E-state index contributed by atoms with van der Waals surface area (Å²) in [5.74, 6) is 0. The second-order valence-corrected chi connectivity index (χ2v) is 13.5. The zero-order chi connectivity index (χ0) is 33.0. The van der Waals surface area contributed by atoms with E-state index < -0.39 is 0 Å². The minimum Gasteiger partial charge on any atom is -0.356 e. The molecule has 0 aromatic heterocycles. The summed E-state index contributed by atoms with van der Waals surface area (Å²) in [5, 5.41) is 8.60. The first-order valence-corrected chi connectivity index (χ1v) is 17.0. The molecule has 0 heterocycles. The van der Waals surface area contributed by atoms with Gasteiger partial charge in [-0.15, -0.1) is 0 Å². The quantitative estimate of drug-likeness (QED) is 0.197. The number of hydrogen-bond donors (Lipinski definition) is 1. The highest BCUT2D eigenvalue weighted by molar-refractivity contribution is 6.05. The zero-order valence-electron chi connectivity index (χ0n) is 27.7. The van der Waals surface area contributed by atoms with Gasteiger partial charge in [-0.3, -0.25) is 0 Å². The highest BCUT2D eigenvalue weighted by Gasteiger charge is 2.36. The van der Waals surface area contributed by atoms with E-state index in [1.54, 1.807) is 0 Å². The summed E-state index contributed by atoms with van der Waals surface area (Å²) in [5.41, 5.74) is 13.2. The van der Waals surface area contributed by atoms with Crippen LogP contribution >= 0.6 is 0 Å². The molecule has 1 aliphatic carbocycles. The van der Waals surface area contributed by atoms with Crippen LogP contribution in [0.5, 0.6) is 0 Å². The lowest BCUT2D eigenvalue weighted by Crippen LogP contribution is -2.17. The summed E-state index contributed by atoms with van der Waals surface area (Å²) in [4.78, 5) is 2.45. The van der Waals surface area contributed by atoms with E-state index in [9.17, 15) is 0 Å². The lowest BCUT2D eigenvalue weighted by molar-refractivity contribution is 0.660. The van der Waals surface area contributed by atoms with Crippen molar-refractivity contribution in [1.82, 2.24) is 0 Å². The van der Waals surface area contributed by atoms with Crippen molar-refractivity contribution in [1.29, 1.82) is 0 Å². The number of benzene rings is 8. The molecule has 49 heavy (non-hydrogen) atoms. The number of anilines is 5. The second-order valence-electron chi connectivity index (χ2n) is 13.5. The summed E-state index contributed by atoms with van der Waals surface area (Å²) in [6.45, 7) is 4.72. The van der Waals surface area contributed by atoms with Crippen molar-refractivity contribution in [2.75, 3.05) is 10.2 Å². The largest absolute Gasteiger partial charge is 0.356 e. The summed E-state index contributed by atoms with van der Waals surface area (Å²) >= 11 is 0. The number of nitrogens with one attached hydrogen (secondary N) is 1. The minimum absolute atomic E-state index is 0.182. The van der Waals surface area contributed by atoms with Gasteiger partial charge in [0.1, 0.15) is 0 Å². The number of hydrogen-bond acceptors (Lipinski definition) is 2. The summed E-state index contributed by atoms with van der Waals surface area (Å²) in [7, 11) is 0. The van der Waals surface area contributed by atoms with E-state index in [-0.39, 0.29) is 5.41 Å². The maximum absolute atomic E-state index is 3.68. The molecule has 0 aliphatic heterocycles. The first-order chi connectivity index (χ1) is 24.0. The molecule has 2 nitrogen and oxygen atoms in total. The van der Waals surface area contributed by atoms with E-state index >= 15 is 0 Å². The van der Waals surface area contributed by atoms with E-state index in [0.29, 0.717) is 0 Å².